The summed E-state index contributed by atoms with van der Waals surface area (Å²) < 4.78 is 12.1. The van der Waals surface area contributed by atoms with Crippen LogP contribution in [0.15, 0.2) is 47.0 Å². The van der Waals surface area contributed by atoms with E-state index in [0.29, 0.717) is 5.89 Å². The molecule has 0 radical (unpaired) electrons. The van der Waals surface area contributed by atoms with Gasteiger partial charge in [0.05, 0.1) is 11.1 Å². The standard InChI is InChI=1S/C16H14N4O5/c1-10(14-17-18-15(25-14)11-6-4-3-5-7-11)24-16(21)13-8-12(20(22)23)9-19(13)2/h3-10H,1-2H3. The molecule has 0 aliphatic carbocycles. The lowest BCUT2D eigenvalue weighted by molar-refractivity contribution is -0.384. The second-order valence-corrected chi connectivity index (χ2v) is 5.31. The molecule has 9 heteroatoms. The van der Waals surface area contributed by atoms with E-state index in [1.165, 1.54) is 17.8 Å². The third kappa shape index (κ3) is 3.39. The fourth-order valence-corrected chi connectivity index (χ4v) is 2.22. The van der Waals surface area contributed by atoms with E-state index in [-0.39, 0.29) is 17.3 Å². The molecule has 1 unspecified atom stereocenters. The zero-order chi connectivity index (χ0) is 18.0. The van der Waals surface area contributed by atoms with Crippen LogP contribution in [0.3, 0.4) is 0 Å². The number of hydrogen-bond donors (Lipinski definition) is 0. The predicted molar refractivity (Wildman–Crippen MR) is 85.6 cm³/mol. The maximum Gasteiger partial charge on any atom is 0.355 e. The van der Waals surface area contributed by atoms with Gasteiger partial charge in [0.15, 0.2) is 6.10 Å². The molecule has 3 rings (SSSR count). The first-order valence-corrected chi connectivity index (χ1v) is 7.36. The highest BCUT2D eigenvalue weighted by molar-refractivity contribution is 5.88. The largest absolute Gasteiger partial charge is 0.448 e. The van der Waals surface area contributed by atoms with Gasteiger partial charge in [0.2, 0.25) is 5.89 Å². The lowest BCUT2D eigenvalue weighted by atomic mass is 10.2. The van der Waals surface area contributed by atoms with Crippen molar-refractivity contribution in [1.29, 1.82) is 0 Å². The number of ether oxygens (including phenoxy) is 1. The van der Waals surface area contributed by atoms with Gasteiger partial charge in [-0.05, 0) is 19.1 Å². The summed E-state index contributed by atoms with van der Waals surface area (Å²) in [7, 11) is 1.52. The molecule has 3 aromatic rings. The predicted octanol–water partition coefficient (Wildman–Crippen LogP) is 2.90. The Bertz CT molecular complexity index is 916. The van der Waals surface area contributed by atoms with E-state index >= 15 is 0 Å². The van der Waals surface area contributed by atoms with Crippen molar-refractivity contribution in [2.75, 3.05) is 0 Å². The van der Waals surface area contributed by atoms with Crippen LogP contribution in [0.2, 0.25) is 0 Å². The third-order valence-corrected chi connectivity index (χ3v) is 3.50. The quantitative estimate of drug-likeness (QED) is 0.398. The van der Waals surface area contributed by atoms with Gasteiger partial charge in [-0.1, -0.05) is 18.2 Å². The van der Waals surface area contributed by atoms with Crippen LogP contribution in [-0.2, 0) is 11.8 Å². The highest BCUT2D eigenvalue weighted by Crippen LogP contribution is 2.24. The Morgan fingerprint density at radius 1 is 1.32 bits per heavy atom. The molecule has 1 aromatic carbocycles. The highest BCUT2D eigenvalue weighted by Gasteiger charge is 2.23. The molecule has 0 saturated carbocycles. The summed E-state index contributed by atoms with van der Waals surface area (Å²) in [5.41, 5.74) is 0.616. The summed E-state index contributed by atoms with van der Waals surface area (Å²) in [6, 6.07) is 10.3. The molecule has 0 amide bonds. The third-order valence-electron chi connectivity index (χ3n) is 3.50. The number of nitrogens with zero attached hydrogens (tertiary/aromatic N) is 4. The van der Waals surface area contributed by atoms with E-state index in [9.17, 15) is 14.9 Å². The Balaban J connectivity index is 1.74. The molecule has 2 aromatic heterocycles. The summed E-state index contributed by atoms with van der Waals surface area (Å²) in [5, 5.41) is 18.6. The lowest BCUT2D eigenvalue weighted by Gasteiger charge is -2.09. The summed E-state index contributed by atoms with van der Waals surface area (Å²) in [4.78, 5) is 22.4. The number of aryl methyl sites for hydroxylation is 1. The lowest BCUT2D eigenvalue weighted by Crippen LogP contribution is -2.12. The van der Waals surface area contributed by atoms with Crippen molar-refractivity contribution in [3.8, 4) is 11.5 Å². The van der Waals surface area contributed by atoms with Gasteiger partial charge in [-0.15, -0.1) is 10.2 Å². The second kappa shape index (κ2) is 6.56. The van der Waals surface area contributed by atoms with Gasteiger partial charge in [-0.2, -0.15) is 0 Å². The smallest absolute Gasteiger partial charge is 0.355 e. The maximum absolute atomic E-state index is 12.2. The van der Waals surface area contributed by atoms with E-state index < -0.39 is 17.0 Å². The number of nitro groups is 1. The first-order chi connectivity index (χ1) is 12.0. The van der Waals surface area contributed by atoms with Crippen molar-refractivity contribution in [1.82, 2.24) is 14.8 Å². The number of hydrogen-bond acceptors (Lipinski definition) is 7. The van der Waals surface area contributed by atoms with Crippen molar-refractivity contribution in [3.63, 3.8) is 0 Å². The minimum Gasteiger partial charge on any atom is -0.448 e. The molecule has 0 aliphatic rings. The Morgan fingerprint density at radius 2 is 2.04 bits per heavy atom. The topological polar surface area (TPSA) is 113 Å². The molecule has 128 valence electrons. The summed E-state index contributed by atoms with van der Waals surface area (Å²) in [6.07, 6.45) is 0.438. The molecule has 0 N–H and O–H groups in total. The van der Waals surface area contributed by atoms with Gasteiger partial charge in [-0.3, -0.25) is 10.1 Å². The van der Waals surface area contributed by atoms with Crippen LogP contribution < -0.4 is 0 Å². The molecule has 0 bridgehead atoms. The molecule has 0 saturated heterocycles. The van der Waals surface area contributed by atoms with Crippen LogP contribution in [0.5, 0.6) is 0 Å². The molecular weight excluding hydrogens is 328 g/mol. The number of esters is 1. The summed E-state index contributed by atoms with van der Waals surface area (Å²) in [5.74, 6) is -0.272. The SMILES string of the molecule is CC(OC(=O)c1cc([N+](=O)[O-])cn1C)c1nnc(-c2ccccc2)o1. The molecule has 0 spiro atoms. The van der Waals surface area contributed by atoms with Crippen molar-refractivity contribution in [2.45, 2.75) is 13.0 Å². The van der Waals surface area contributed by atoms with Crippen LogP contribution in [0, 0.1) is 10.1 Å². The fourth-order valence-electron chi connectivity index (χ4n) is 2.22. The van der Waals surface area contributed by atoms with Crippen molar-refractivity contribution in [3.05, 3.63) is 64.3 Å². The van der Waals surface area contributed by atoms with Crippen molar-refractivity contribution >= 4 is 11.7 Å². The average molecular weight is 342 g/mol. The zero-order valence-electron chi connectivity index (χ0n) is 13.4. The highest BCUT2D eigenvalue weighted by atomic mass is 16.6. The van der Waals surface area contributed by atoms with Crippen LogP contribution in [0.1, 0.15) is 29.4 Å². The minimum absolute atomic E-state index is 0.0568. The van der Waals surface area contributed by atoms with E-state index in [1.807, 2.05) is 30.3 Å². The molecule has 25 heavy (non-hydrogen) atoms. The Morgan fingerprint density at radius 3 is 2.68 bits per heavy atom. The normalized spacial score (nSPS) is 11.9. The monoisotopic (exact) mass is 342 g/mol. The molecular formula is C16H14N4O5. The van der Waals surface area contributed by atoms with Gasteiger partial charge in [0, 0.05) is 18.7 Å². The van der Waals surface area contributed by atoms with E-state index in [0.717, 1.165) is 11.6 Å². The molecule has 0 fully saturated rings. The number of carbonyl (C=O) groups is 1. The molecule has 0 aliphatic heterocycles. The zero-order valence-corrected chi connectivity index (χ0v) is 13.4. The number of benzene rings is 1. The van der Waals surface area contributed by atoms with Gasteiger partial charge in [0.25, 0.3) is 11.6 Å². The van der Waals surface area contributed by atoms with E-state index in [2.05, 4.69) is 10.2 Å². The number of rotatable bonds is 5. The Labute approximate surface area is 142 Å². The van der Waals surface area contributed by atoms with Crippen LogP contribution in [0.25, 0.3) is 11.5 Å². The molecule has 1 atom stereocenters. The van der Waals surface area contributed by atoms with Crippen molar-refractivity contribution < 1.29 is 18.9 Å². The maximum atomic E-state index is 12.2. The van der Waals surface area contributed by atoms with Crippen LogP contribution in [-0.4, -0.2) is 25.7 Å². The van der Waals surface area contributed by atoms with Gasteiger partial charge < -0.3 is 13.7 Å². The van der Waals surface area contributed by atoms with Crippen LogP contribution >= 0.6 is 0 Å². The Hall–Kier alpha value is -3.49. The van der Waals surface area contributed by atoms with E-state index in [4.69, 9.17) is 9.15 Å². The fraction of sp³-hybridized carbons (Fsp3) is 0.188. The summed E-state index contributed by atoms with van der Waals surface area (Å²) in [6.45, 7) is 1.58. The molecule has 2 heterocycles. The first kappa shape index (κ1) is 16.4. The second-order valence-electron chi connectivity index (χ2n) is 5.31. The van der Waals surface area contributed by atoms with Gasteiger partial charge in [0.1, 0.15) is 5.69 Å². The summed E-state index contributed by atoms with van der Waals surface area (Å²) >= 11 is 0. The van der Waals surface area contributed by atoms with Gasteiger partial charge >= 0.3 is 5.97 Å². The van der Waals surface area contributed by atoms with Crippen molar-refractivity contribution in [2.24, 2.45) is 7.05 Å². The minimum atomic E-state index is -0.800. The van der Waals surface area contributed by atoms with Gasteiger partial charge in [-0.25, -0.2) is 4.79 Å². The number of aromatic nitrogens is 3. The Kier molecular flexibility index (Phi) is 4.29. The van der Waals surface area contributed by atoms with Crippen LogP contribution in [0.4, 0.5) is 5.69 Å². The molecule has 9 nitrogen and oxygen atoms in total. The van der Waals surface area contributed by atoms with E-state index in [1.54, 1.807) is 6.92 Å². The average Bonchev–Trinajstić information content (AvgIpc) is 3.22. The number of carbonyl (C=O) groups excluding carboxylic acids is 1. The first-order valence-electron chi connectivity index (χ1n) is 7.36.